The quantitative estimate of drug-likeness (QED) is 0.646. The molecule has 2 rings (SSSR count). The molecule has 7 heteroatoms. The molecule has 1 N–H and O–H groups in total. The predicted octanol–water partition coefficient (Wildman–Crippen LogP) is 4.00. The smallest absolute Gasteiger partial charge is 0.252 e. The first-order valence-corrected chi connectivity index (χ1v) is 9.49. The first-order chi connectivity index (χ1) is 14.0. The van der Waals surface area contributed by atoms with Crippen molar-refractivity contribution >= 4 is 5.91 Å². The van der Waals surface area contributed by atoms with Gasteiger partial charge in [-0.25, -0.2) is 0 Å². The van der Waals surface area contributed by atoms with Crippen molar-refractivity contribution < 1.29 is 28.5 Å². The van der Waals surface area contributed by atoms with E-state index in [0.717, 1.165) is 5.56 Å². The van der Waals surface area contributed by atoms with Crippen LogP contribution in [-0.2, 0) is 0 Å². The van der Waals surface area contributed by atoms with Crippen LogP contribution in [0.2, 0.25) is 0 Å². The Kier molecular flexibility index (Phi) is 8.00. The maximum absolute atomic E-state index is 12.8. The number of carbonyl (C=O) groups excluding carboxylic acids is 1. The van der Waals surface area contributed by atoms with Gasteiger partial charge in [-0.05, 0) is 50.6 Å². The van der Waals surface area contributed by atoms with Gasteiger partial charge in [-0.3, -0.25) is 4.79 Å². The molecule has 2 aromatic rings. The predicted molar refractivity (Wildman–Crippen MR) is 111 cm³/mol. The molecule has 0 spiro atoms. The first-order valence-electron chi connectivity index (χ1n) is 9.49. The standard InChI is InChI=1S/C22H29NO6/c1-7-28-17-10-9-15(11-18(17)29-8-2)14(3)23-22(24)16-12-19(25-4)21(27-6)20(13-16)26-5/h9-14H,7-8H2,1-6H3,(H,23,24)/t14-/m0/s1. The zero-order chi connectivity index (χ0) is 21.4. The van der Waals surface area contributed by atoms with Gasteiger partial charge in [0.25, 0.3) is 5.91 Å². The summed E-state index contributed by atoms with van der Waals surface area (Å²) in [6.45, 7) is 6.81. The van der Waals surface area contributed by atoms with E-state index in [1.165, 1.54) is 21.3 Å². The second kappa shape index (κ2) is 10.5. The lowest BCUT2D eigenvalue weighted by atomic mass is 10.1. The molecule has 29 heavy (non-hydrogen) atoms. The number of rotatable bonds is 10. The summed E-state index contributed by atoms with van der Waals surface area (Å²) in [5.74, 6) is 2.35. The molecule has 0 aliphatic rings. The van der Waals surface area contributed by atoms with E-state index in [4.69, 9.17) is 23.7 Å². The minimum absolute atomic E-state index is 0.253. The third-order valence-electron chi connectivity index (χ3n) is 4.34. The van der Waals surface area contributed by atoms with E-state index in [2.05, 4.69) is 5.32 Å². The van der Waals surface area contributed by atoms with E-state index in [-0.39, 0.29) is 11.9 Å². The molecule has 158 valence electrons. The molecule has 1 atom stereocenters. The Morgan fingerprint density at radius 2 is 1.45 bits per heavy atom. The maximum Gasteiger partial charge on any atom is 0.252 e. The highest BCUT2D eigenvalue weighted by molar-refractivity contribution is 5.95. The Balaban J connectivity index is 2.25. The average Bonchev–Trinajstić information content (AvgIpc) is 2.73. The van der Waals surface area contributed by atoms with Crippen molar-refractivity contribution in [3.63, 3.8) is 0 Å². The monoisotopic (exact) mass is 403 g/mol. The lowest BCUT2D eigenvalue weighted by Gasteiger charge is -2.18. The summed E-state index contributed by atoms with van der Waals surface area (Å²) in [6, 6.07) is 8.63. The Morgan fingerprint density at radius 1 is 0.862 bits per heavy atom. The van der Waals surface area contributed by atoms with Crippen LogP contribution >= 0.6 is 0 Å². The largest absolute Gasteiger partial charge is 0.493 e. The summed E-state index contributed by atoms with van der Waals surface area (Å²) in [6.07, 6.45) is 0. The fraction of sp³-hybridized carbons (Fsp3) is 0.409. The van der Waals surface area contributed by atoms with Gasteiger partial charge >= 0.3 is 0 Å². The summed E-state index contributed by atoms with van der Waals surface area (Å²) >= 11 is 0. The number of hydrogen-bond acceptors (Lipinski definition) is 6. The highest BCUT2D eigenvalue weighted by atomic mass is 16.5. The maximum atomic E-state index is 12.8. The molecule has 1 amide bonds. The van der Waals surface area contributed by atoms with Crippen LogP contribution in [0.4, 0.5) is 0 Å². The Hall–Kier alpha value is -3.09. The van der Waals surface area contributed by atoms with E-state index in [0.29, 0.717) is 47.5 Å². The van der Waals surface area contributed by atoms with Gasteiger partial charge in [0.15, 0.2) is 23.0 Å². The number of methoxy groups -OCH3 is 3. The Bertz CT molecular complexity index is 811. The van der Waals surface area contributed by atoms with E-state index in [1.54, 1.807) is 12.1 Å². The van der Waals surface area contributed by atoms with Crippen LogP contribution in [0.3, 0.4) is 0 Å². The first kappa shape index (κ1) is 22.2. The third kappa shape index (κ3) is 5.25. The number of ether oxygens (including phenoxy) is 5. The number of amides is 1. The molecular weight excluding hydrogens is 374 g/mol. The lowest BCUT2D eigenvalue weighted by Crippen LogP contribution is -2.26. The number of nitrogens with one attached hydrogen (secondary N) is 1. The average molecular weight is 403 g/mol. The van der Waals surface area contributed by atoms with Crippen LogP contribution in [0.25, 0.3) is 0 Å². The number of carbonyl (C=O) groups is 1. The highest BCUT2D eigenvalue weighted by Crippen LogP contribution is 2.38. The van der Waals surface area contributed by atoms with Crippen LogP contribution < -0.4 is 29.0 Å². The summed E-state index contributed by atoms with van der Waals surface area (Å²) in [5.41, 5.74) is 1.31. The van der Waals surface area contributed by atoms with Gasteiger partial charge in [-0.15, -0.1) is 0 Å². The van der Waals surface area contributed by atoms with Crippen LogP contribution in [0, 0.1) is 0 Å². The zero-order valence-electron chi connectivity index (χ0n) is 17.8. The van der Waals surface area contributed by atoms with Gasteiger partial charge < -0.3 is 29.0 Å². The van der Waals surface area contributed by atoms with E-state index in [1.807, 2.05) is 39.0 Å². The Labute approximate surface area is 171 Å². The van der Waals surface area contributed by atoms with Crippen molar-refractivity contribution in [3.8, 4) is 28.7 Å². The number of benzene rings is 2. The van der Waals surface area contributed by atoms with Crippen molar-refractivity contribution in [2.75, 3.05) is 34.5 Å². The topological polar surface area (TPSA) is 75.3 Å². The Morgan fingerprint density at radius 3 is 1.97 bits per heavy atom. The van der Waals surface area contributed by atoms with Crippen molar-refractivity contribution in [2.45, 2.75) is 26.8 Å². The molecule has 2 aromatic carbocycles. The summed E-state index contributed by atoms with van der Waals surface area (Å²) in [7, 11) is 4.54. The molecule has 0 saturated carbocycles. The molecule has 0 bridgehead atoms. The fourth-order valence-electron chi connectivity index (χ4n) is 2.91. The SMILES string of the molecule is CCOc1ccc([C@H](C)NC(=O)c2cc(OC)c(OC)c(OC)c2)cc1OCC. The second-order valence-corrected chi connectivity index (χ2v) is 6.18. The lowest BCUT2D eigenvalue weighted by molar-refractivity contribution is 0.0939. The van der Waals surface area contributed by atoms with E-state index >= 15 is 0 Å². The summed E-state index contributed by atoms with van der Waals surface area (Å²) < 4.78 is 27.2. The summed E-state index contributed by atoms with van der Waals surface area (Å²) in [5, 5.41) is 2.99. The molecule has 0 fully saturated rings. The molecule has 0 unspecified atom stereocenters. The van der Waals surface area contributed by atoms with Gasteiger partial charge in [0, 0.05) is 5.56 Å². The van der Waals surface area contributed by atoms with Crippen molar-refractivity contribution in [2.24, 2.45) is 0 Å². The van der Waals surface area contributed by atoms with Gasteiger partial charge in [0.1, 0.15) is 0 Å². The van der Waals surface area contributed by atoms with E-state index < -0.39 is 0 Å². The minimum atomic E-state index is -0.261. The van der Waals surface area contributed by atoms with Crippen LogP contribution in [0.5, 0.6) is 28.7 Å². The molecule has 0 saturated heterocycles. The van der Waals surface area contributed by atoms with Crippen LogP contribution in [-0.4, -0.2) is 40.5 Å². The van der Waals surface area contributed by atoms with Gasteiger partial charge in [-0.2, -0.15) is 0 Å². The minimum Gasteiger partial charge on any atom is -0.493 e. The number of hydrogen-bond donors (Lipinski definition) is 1. The van der Waals surface area contributed by atoms with E-state index in [9.17, 15) is 4.79 Å². The highest BCUT2D eigenvalue weighted by Gasteiger charge is 2.19. The van der Waals surface area contributed by atoms with Gasteiger partial charge in [0.2, 0.25) is 5.75 Å². The van der Waals surface area contributed by atoms with Crippen molar-refractivity contribution in [1.29, 1.82) is 0 Å². The molecule has 0 aromatic heterocycles. The van der Waals surface area contributed by atoms with Crippen LogP contribution in [0.15, 0.2) is 30.3 Å². The van der Waals surface area contributed by atoms with Gasteiger partial charge in [0.05, 0.1) is 40.6 Å². The van der Waals surface area contributed by atoms with Crippen LogP contribution in [0.1, 0.15) is 42.7 Å². The molecule has 0 aliphatic carbocycles. The molecule has 7 nitrogen and oxygen atoms in total. The summed E-state index contributed by atoms with van der Waals surface area (Å²) in [4.78, 5) is 12.8. The fourth-order valence-corrected chi connectivity index (χ4v) is 2.91. The molecule has 0 radical (unpaired) electrons. The van der Waals surface area contributed by atoms with Crippen molar-refractivity contribution in [1.82, 2.24) is 5.32 Å². The van der Waals surface area contributed by atoms with Gasteiger partial charge in [-0.1, -0.05) is 6.07 Å². The second-order valence-electron chi connectivity index (χ2n) is 6.18. The third-order valence-corrected chi connectivity index (χ3v) is 4.34. The van der Waals surface area contributed by atoms with Crippen molar-refractivity contribution in [3.05, 3.63) is 41.5 Å². The normalized spacial score (nSPS) is 11.4. The molecule has 0 aliphatic heterocycles. The molecule has 0 heterocycles. The molecular formula is C22H29NO6. The zero-order valence-corrected chi connectivity index (χ0v) is 17.8.